The maximum Gasteiger partial charge on any atom is -0.0162 e. The number of hydrogen-bond acceptors (Lipinski definition) is 0. The van der Waals surface area contributed by atoms with Crippen molar-refractivity contribution in [3.63, 3.8) is 0 Å². The molecule has 0 amide bonds. The molecule has 0 radical (unpaired) electrons. The highest BCUT2D eigenvalue weighted by molar-refractivity contribution is 5.35. The van der Waals surface area contributed by atoms with E-state index in [4.69, 9.17) is 0 Å². The van der Waals surface area contributed by atoms with Crippen molar-refractivity contribution in [1.82, 2.24) is 0 Å². The minimum Gasteiger partial charge on any atom is -0.0842 e. The first-order valence-corrected chi connectivity index (χ1v) is 5.27. The van der Waals surface area contributed by atoms with Crippen LogP contribution in [0.3, 0.4) is 0 Å². The zero-order valence-corrected chi connectivity index (χ0v) is 7.97. The summed E-state index contributed by atoms with van der Waals surface area (Å²) in [5.74, 6) is 0.929. The lowest BCUT2D eigenvalue weighted by molar-refractivity contribution is 0.439. The van der Waals surface area contributed by atoms with E-state index in [0.29, 0.717) is 0 Å². The Bertz CT molecular complexity index is 220. The van der Waals surface area contributed by atoms with Gasteiger partial charge in [0.05, 0.1) is 0 Å². The van der Waals surface area contributed by atoms with Gasteiger partial charge < -0.3 is 0 Å². The quantitative estimate of drug-likeness (QED) is 0.507. The second kappa shape index (κ2) is 3.47. The smallest absolute Gasteiger partial charge is 0.0162 e. The number of allylic oxidation sites excluding steroid dienone is 4. The van der Waals surface area contributed by atoms with E-state index in [0.717, 1.165) is 5.92 Å². The molecule has 2 aliphatic rings. The van der Waals surface area contributed by atoms with Crippen molar-refractivity contribution < 1.29 is 0 Å². The van der Waals surface area contributed by atoms with Crippen LogP contribution in [0.25, 0.3) is 0 Å². The summed E-state index contributed by atoms with van der Waals surface area (Å²) in [6.45, 7) is 2.19. The number of fused-ring (bicyclic) bond motifs is 1. The van der Waals surface area contributed by atoms with Gasteiger partial charge in [-0.25, -0.2) is 0 Å². The predicted molar refractivity (Wildman–Crippen MR) is 53.0 cm³/mol. The minimum absolute atomic E-state index is 0.929. The molecule has 1 fully saturated rings. The Morgan fingerprint density at radius 2 is 2.17 bits per heavy atom. The topological polar surface area (TPSA) is 0 Å². The Hall–Kier alpha value is -0.520. The lowest BCUT2D eigenvalue weighted by atomic mass is 9.75. The van der Waals surface area contributed by atoms with Crippen molar-refractivity contribution in [3.8, 4) is 0 Å². The second-order valence-corrected chi connectivity index (χ2v) is 3.99. The molecule has 12 heavy (non-hydrogen) atoms. The molecule has 0 aromatic rings. The molecule has 0 bridgehead atoms. The van der Waals surface area contributed by atoms with Gasteiger partial charge in [-0.05, 0) is 62.5 Å². The SMILES string of the molecule is C/C=C1/CCCC2CCCC=C12. The zero-order valence-electron chi connectivity index (χ0n) is 7.97. The molecule has 0 aromatic carbocycles. The van der Waals surface area contributed by atoms with Crippen LogP contribution in [0.4, 0.5) is 0 Å². The van der Waals surface area contributed by atoms with Crippen LogP contribution >= 0.6 is 0 Å². The van der Waals surface area contributed by atoms with Gasteiger partial charge in [-0.2, -0.15) is 0 Å². The maximum atomic E-state index is 2.49. The molecule has 2 rings (SSSR count). The molecule has 1 atom stereocenters. The Balaban J connectivity index is 2.24. The van der Waals surface area contributed by atoms with Crippen LogP contribution in [0.5, 0.6) is 0 Å². The molecule has 0 spiro atoms. The van der Waals surface area contributed by atoms with Crippen LogP contribution in [0.1, 0.15) is 45.4 Å². The molecule has 0 N–H and O–H groups in total. The molecular formula is C12H18. The van der Waals surface area contributed by atoms with E-state index >= 15 is 0 Å². The van der Waals surface area contributed by atoms with E-state index in [1.54, 1.807) is 11.1 Å². The van der Waals surface area contributed by atoms with Crippen LogP contribution in [-0.2, 0) is 0 Å². The summed E-state index contributed by atoms with van der Waals surface area (Å²) in [7, 11) is 0. The lowest BCUT2D eigenvalue weighted by Crippen LogP contribution is -2.15. The van der Waals surface area contributed by atoms with Gasteiger partial charge in [0.1, 0.15) is 0 Å². The van der Waals surface area contributed by atoms with E-state index in [-0.39, 0.29) is 0 Å². The average Bonchev–Trinajstić information content (AvgIpc) is 2.17. The molecule has 0 saturated heterocycles. The first-order valence-electron chi connectivity index (χ1n) is 5.27. The Morgan fingerprint density at radius 3 is 3.00 bits per heavy atom. The van der Waals surface area contributed by atoms with Gasteiger partial charge in [0, 0.05) is 0 Å². The normalized spacial score (nSPS) is 32.9. The van der Waals surface area contributed by atoms with E-state index in [1.165, 1.54) is 38.5 Å². The van der Waals surface area contributed by atoms with Gasteiger partial charge in [0.15, 0.2) is 0 Å². The van der Waals surface area contributed by atoms with Crippen LogP contribution in [0.15, 0.2) is 23.3 Å². The molecule has 0 heterocycles. The van der Waals surface area contributed by atoms with Crippen molar-refractivity contribution in [2.45, 2.75) is 45.4 Å². The predicted octanol–water partition coefficient (Wildman–Crippen LogP) is 3.84. The van der Waals surface area contributed by atoms with E-state index in [1.807, 2.05) is 0 Å². The number of hydrogen-bond donors (Lipinski definition) is 0. The monoisotopic (exact) mass is 162 g/mol. The minimum atomic E-state index is 0.929. The summed E-state index contributed by atoms with van der Waals surface area (Å²) in [5, 5.41) is 0. The van der Waals surface area contributed by atoms with E-state index < -0.39 is 0 Å². The Kier molecular flexibility index (Phi) is 2.34. The summed E-state index contributed by atoms with van der Waals surface area (Å²) in [5.41, 5.74) is 3.35. The first-order chi connectivity index (χ1) is 5.92. The fourth-order valence-corrected chi connectivity index (χ4v) is 2.63. The third-order valence-corrected chi connectivity index (χ3v) is 3.28. The summed E-state index contributed by atoms with van der Waals surface area (Å²) < 4.78 is 0. The third kappa shape index (κ3) is 1.35. The maximum absolute atomic E-state index is 2.49. The summed E-state index contributed by atoms with van der Waals surface area (Å²) in [6.07, 6.45) is 13.2. The second-order valence-electron chi connectivity index (χ2n) is 3.99. The summed E-state index contributed by atoms with van der Waals surface area (Å²) in [6, 6.07) is 0. The Morgan fingerprint density at radius 1 is 1.33 bits per heavy atom. The highest BCUT2D eigenvalue weighted by Crippen LogP contribution is 2.39. The molecule has 0 heteroatoms. The summed E-state index contributed by atoms with van der Waals surface area (Å²) >= 11 is 0. The highest BCUT2D eigenvalue weighted by atomic mass is 14.3. The highest BCUT2D eigenvalue weighted by Gasteiger charge is 2.23. The van der Waals surface area contributed by atoms with Crippen LogP contribution in [0, 0.1) is 5.92 Å². The van der Waals surface area contributed by atoms with Gasteiger partial charge in [-0.1, -0.05) is 12.2 Å². The van der Waals surface area contributed by atoms with Gasteiger partial charge in [-0.3, -0.25) is 0 Å². The molecular weight excluding hydrogens is 144 g/mol. The van der Waals surface area contributed by atoms with Crippen LogP contribution in [0.2, 0.25) is 0 Å². The van der Waals surface area contributed by atoms with Crippen molar-refractivity contribution in [1.29, 1.82) is 0 Å². The van der Waals surface area contributed by atoms with Crippen molar-refractivity contribution >= 4 is 0 Å². The largest absolute Gasteiger partial charge is 0.0842 e. The number of rotatable bonds is 0. The molecule has 1 unspecified atom stereocenters. The molecule has 0 aliphatic heterocycles. The fourth-order valence-electron chi connectivity index (χ4n) is 2.63. The van der Waals surface area contributed by atoms with E-state index in [9.17, 15) is 0 Å². The average molecular weight is 162 g/mol. The van der Waals surface area contributed by atoms with Crippen molar-refractivity contribution in [2.75, 3.05) is 0 Å². The van der Waals surface area contributed by atoms with E-state index in [2.05, 4.69) is 19.1 Å². The molecule has 2 aliphatic carbocycles. The van der Waals surface area contributed by atoms with Crippen LogP contribution in [-0.4, -0.2) is 0 Å². The molecule has 0 aromatic heterocycles. The zero-order chi connectivity index (χ0) is 8.39. The molecule has 0 nitrogen and oxygen atoms in total. The standard InChI is InChI=1S/C12H18/c1-2-10-7-5-8-11-6-3-4-9-12(10)11/h2,9,11H,3-8H2,1H3/b10-2-. The molecule has 66 valence electrons. The lowest BCUT2D eigenvalue weighted by Gasteiger charge is -2.30. The van der Waals surface area contributed by atoms with Crippen LogP contribution < -0.4 is 0 Å². The van der Waals surface area contributed by atoms with Gasteiger partial charge in [0.2, 0.25) is 0 Å². The van der Waals surface area contributed by atoms with Gasteiger partial charge in [-0.15, -0.1) is 0 Å². The van der Waals surface area contributed by atoms with Gasteiger partial charge in [0.25, 0.3) is 0 Å². The summed E-state index contributed by atoms with van der Waals surface area (Å²) in [4.78, 5) is 0. The van der Waals surface area contributed by atoms with Crippen molar-refractivity contribution in [2.24, 2.45) is 5.92 Å². The van der Waals surface area contributed by atoms with Gasteiger partial charge >= 0.3 is 0 Å². The molecule has 1 saturated carbocycles. The fraction of sp³-hybridized carbons (Fsp3) is 0.667. The Labute approximate surface area is 75.4 Å². The third-order valence-electron chi connectivity index (χ3n) is 3.28. The van der Waals surface area contributed by atoms with Crippen molar-refractivity contribution in [3.05, 3.63) is 23.3 Å². The first kappa shape index (κ1) is 8.10.